The number of carbonyl (C=O) groups excluding carboxylic acids is 1. The number of methoxy groups -OCH3 is 1. The summed E-state index contributed by atoms with van der Waals surface area (Å²) in [4.78, 5) is 14.2. The minimum absolute atomic E-state index is 0.0713. The van der Waals surface area contributed by atoms with Crippen molar-refractivity contribution in [2.24, 2.45) is 0 Å². The van der Waals surface area contributed by atoms with E-state index in [9.17, 15) is 9.18 Å². The largest absolute Gasteiger partial charge is 0.497 e. The number of benzene rings is 2. The quantitative estimate of drug-likeness (QED) is 0.840. The molecular weight excluding hydrogens is 257 g/mol. The summed E-state index contributed by atoms with van der Waals surface area (Å²) in [7, 11) is 1.59. The third-order valence-electron chi connectivity index (χ3n) is 3.52. The second-order valence-electron chi connectivity index (χ2n) is 4.71. The van der Waals surface area contributed by atoms with Crippen molar-refractivity contribution in [3.05, 3.63) is 59.4 Å². The molecule has 0 bridgehead atoms. The minimum atomic E-state index is -0.262. The predicted octanol–water partition coefficient (Wildman–Crippen LogP) is 3.04. The molecule has 4 heteroatoms. The summed E-state index contributed by atoms with van der Waals surface area (Å²) < 4.78 is 18.3. The van der Waals surface area contributed by atoms with Gasteiger partial charge in [-0.25, -0.2) is 4.39 Å². The Kier molecular flexibility index (Phi) is 3.14. The van der Waals surface area contributed by atoms with Crippen molar-refractivity contribution in [1.82, 2.24) is 0 Å². The zero-order chi connectivity index (χ0) is 14.1. The lowest BCUT2D eigenvalue weighted by Crippen LogP contribution is -2.28. The number of hydrogen-bond acceptors (Lipinski definition) is 2. The van der Waals surface area contributed by atoms with Gasteiger partial charge in [0.2, 0.25) is 0 Å². The first-order valence-electron chi connectivity index (χ1n) is 6.43. The van der Waals surface area contributed by atoms with E-state index in [0.717, 1.165) is 11.3 Å². The molecule has 0 radical (unpaired) electrons. The number of rotatable bonds is 2. The average Bonchev–Trinajstić information content (AvgIpc) is 2.89. The van der Waals surface area contributed by atoms with Crippen molar-refractivity contribution in [3.63, 3.8) is 0 Å². The molecule has 20 heavy (non-hydrogen) atoms. The first kappa shape index (κ1) is 12.7. The van der Waals surface area contributed by atoms with Gasteiger partial charge in [0.1, 0.15) is 11.6 Å². The van der Waals surface area contributed by atoms with E-state index < -0.39 is 0 Å². The van der Waals surface area contributed by atoms with Crippen LogP contribution in [0.3, 0.4) is 0 Å². The molecule has 0 fully saturated rings. The lowest BCUT2D eigenvalue weighted by atomic mass is 10.1. The average molecular weight is 271 g/mol. The Bertz CT molecular complexity index is 652. The van der Waals surface area contributed by atoms with Gasteiger partial charge < -0.3 is 9.64 Å². The molecule has 102 valence electrons. The maximum Gasteiger partial charge on any atom is 0.258 e. The van der Waals surface area contributed by atoms with Crippen LogP contribution in [0, 0.1) is 5.82 Å². The molecule has 0 unspecified atom stereocenters. The first-order chi connectivity index (χ1) is 9.69. The van der Waals surface area contributed by atoms with Crippen molar-refractivity contribution in [1.29, 1.82) is 0 Å². The van der Waals surface area contributed by atoms with Crippen LogP contribution in [0.15, 0.2) is 42.5 Å². The SMILES string of the molecule is COc1ccc(C(=O)N2CCc3cc(F)ccc32)cc1. The Balaban J connectivity index is 1.89. The van der Waals surface area contributed by atoms with Crippen molar-refractivity contribution >= 4 is 11.6 Å². The maximum atomic E-state index is 13.2. The lowest BCUT2D eigenvalue weighted by molar-refractivity contribution is 0.0989. The molecule has 1 aliphatic heterocycles. The van der Waals surface area contributed by atoms with Gasteiger partial charge in [0, 0.05) is 17.8 Å². The van der Waals surface area contributed by atoms with Gasteiger partial charge in [-0.1, -0.05) is 0 Å². The van der Waals surface area contributed by atoms with E-state index in [1.807, 2.05) is 0 Å². The Hall–Kier alpha value is -2.36. The van der Waals surface area contributed by atoms with Gasteiger partial charge in [0.25, 0.3) is 5.91 Å². The van der Waals surface area contributed by atoms with E-state index in [2.05, 4.69) is 0 Å². The van der Waals surface area contributed by atoms with Crippen LogP contribution < -0.4 is 9.64 Å². The highest BCUT2D eigenvalue weighted by Crippen LogP contribution is 2.30. The van der Waals surface area contributed by atoms with Crippen molar-refractivity contribution in [2.75, 3.05) is 18.6 Å². The molecule has 0 N–H and O–H groups in total. The van der Waals surface area contributed by atoms with Crippen LogP contribution in [0.5, 0.6) is 5.75 Å². The summed E-state index contributed by atoms with van der Waals surface area (Å²) in [5.74, 6) is 0.381. The highest BCUT2D eigenvalue weighted by molar-refractivity contribution is 6.07. The number of ether oxygens (including phenoxy) is 1. The van der Waals surface area contributed by atoms with Gasteiger partial charge in [0.05, 0.1) is 7.11 Å². The summed E-state index contributed by atoms with van der Waals surface area (Å²) in [5.41, 5.74) is 2.28. The van der Waals surface area contributed by atoms with Crippen molar-refractivity contribution in [3.8, 4) is 5.75 Å². The van der Waals surface area contributed by atoms with E-state index in [4.69, 9.17) is 4.74 Å². The molecular formula is C16H14FNO2. The van der Waals surface area contributed by atoms with E-state index in [-0.39, 0.29) is 11.7 Å². The van der Waals surface area contributed by atoms with Crippen LogP contribution in [0.2, 0.25) is 0 Å². The molecule has 1 heterocycles. The minimum Gasteiger partial charge on any atom is -0.497 e. The van der Waals surface area contributed by atoms with E-state index >= 15 is 0 Å². The summed E-state index contributed by atoms with van der Waals surface area (Å²) in [6.07, 6.45) is 0.689. The molecule has 2 aromatic rings. The second kappa shape index (κ2) is 4.96. The van der Waals surface area contributed by atoms with Crippen LogP contribution in [0.25, 0.3) is 0 Å². The second-order valence-corrected chi connectivity index (χ2v) is 4.71. The molecule has 0 aromatic heterocycles. The topological polar surface area (TPSA) is 29.5 Å². The molecule has 3 nitrogen and oxygen atoms in total. The third-order valence-corrected chi connectivity index (χ3v) is 3.52. The van der Waals surface area contributed by atoms with Gasteiger partial charge >= 0.3 is 0 Å². The summed E-state index contributed by atoms with van der Waals surface area (Å²) >= 11 is 0. The van der Waals surface area contributed by atoms with Gasteiger partial charge in [0.15, 0.2) is 0 Å². The number of halogens is 1. The molecule has 0 spiro atoms. The van der Waals surface area contributed by atoms with Crippen molar-refractivity contribution < 1.29 is 13.9 Å². The van der Waals surface area contributed by atoms with Crippen LogP contribution >= 0.6 is 0 Å². The zero-order valence-electron chi connectivity index (χ0n) is 11.1. The highest BCUT2D eigenvalue weighted by Gasteiger charge is 2.25. The lowest BCUT2D eigenvalue weighted by Gasteiger charge is -2.17. The van der Waals surface area contributed by atoms with Gasteiger partial charge in [-0.2, -0.15) is 0 Å². The first-order valence-corrected chi connectivity index (χ1v) is 6.43. The normalized spacial score (nSPS) is 13.2. The molecule has 1 amide bonds. The van der Waals surface area contributed by atoms with E-state index in [0.29, 0.717) is 24.3 Å². The third kappa shape index (κ3) is 2.13. The van der Waals surface area contributed by atoms with E-state index in [1.54, 1.807) is 42.3 Å². The molecule has 0 aliphatic carbocycles. The van der Waals surface area contributed by atoms with Crippen LogP contribution in [-0.2, 0) is 6.42 Å². The van der Waals surface area contributed by atoms with Crippen LogP contribution in [0.1, 0.15) is 15.9 Å². The molecule has 0 saturated carbocycles. The predicted molar refractivity (Wildman–Crippen MR) is 74.8 cm³/mol. The van der Waals surface area contributed by atoms with Gasteiger partial charge in [-0.15, -0.1) is 0 Å². The number of amides is 1. The summed E-state index contributed by atoms with van der Waals surface area (Å²) in [6, 6.07) is 11.5. The Labute approximate surface area is 116 Å². The highest BCUT2D eigenvalue weighted by atomic mass is 19.1. The summed E-state index contributed by atoms with van der Waals surface area (Å²) in [6.45, 7) is 0.587. The zero-order valence-corrected chi connectivity index (χ0v) is 11.1. The van der Waals surface area contributed by atoms with Crippen LogP contribution in [-0.4, -0.2) is 19.6 Å². The van der Waals surface area contributed by atoms with Crippen molar-refractivity contribution in [2.45, 2.75) is 6.42 Å². The fraction of sp³-hybridized carbons (Fsp3) is 0.188. The number of anilines is 1. The van der Waals surface area contributed by atoms with Crippen LogP contribution in [0.4, 0.5) is 10.1 Å². The molecule has 2 aromatic carbocycles. The molecule has 0 saturated heterocycles. The monoisotopic (exact) mass is 271 g/mol. The fourth-order valence-corrected chi connectivity index (χ4v) is 2.47. The number of fused-ring (bicyclic) bond motifs is 1. The smallest absolute Gasteiger partial charge is 0.258 e. The number of nitrogens with zero attached hydrogens (tertiary/aromatic N) is 1. The Morgan fingerprint density at radius 2 is 1.95 bits per heavy atom. The number of carbonyl (C=O) groups is 1. The van der Waals surface area contributed by atoms with Gasteiger partial charge in [-0.05, 0) is 54.4 Å². The standard InChI is InChI=1S/C16H14FNO2/c1-20-14-5-2-11(3-6-14)16(19)18-9-8-12-10-13(17)4-7-15(12)18/h2-7,10H,8-9H2,1H3. The number of hydrogen-bond donors (Lipinski definition) is 0. The van der Waals surface area contributed by atoms with Gasteiger partial charge in [-0.3, -0.25) is 4.79 Å². The maximum absolute atomic E-state index is 13.2. The van der Waals surface area contributed by atoms with E-state index in [1.165, 1.54) is 12.1 Å². The fourth-order valence-electron chi connectivity index (χ4n) is 2.47. The Morgan fingerprint density at radius 3 is 2.65 bits per heavy atom. The molecule has 3 rings (SSSR count). The summed E-state index contributed by atoms with van der Waals surface area (Å²) in [5, 5.41) is 0. The molecule has 0 atom stereocenters. The molecule has 1 aliphatic rings. The Morgan fingerprint density at radius 1 is 1.20 bits per heavy atom.